The summed E-state index contributed by atoms with van der Waals surface area (Å²) in [5, 5.41) is 6.03. The molecule has 2 fully saturated rings. The van der Waals surface area contributed by atoms with Crippen LogP contribution in [0.4, 0.5) is 0 Å². The van der Waals surface area contributed by atoms with Gasteiger partial charge in [-0.05, 0) is 68.0 Å². The van der Waals surface area contributed by atoms with E-state index < -0.39 is 12.0 Å². The van der Waals surface area contributed by atoms with E-state index in [9.17, 15) is 9.59 Å². The Balaban J connectivity index is 1.43. The average molecular weight is 482 g/mol. The molecule has 0 unspecified atom stereocenters. The molecule has 1 N–H and O–H groups in total. The molecule has 1 amide bonds. The number of carbonyl (C=O) groups excluding carboxylic acids is 2. The smallest absolute Gasteiger partial charge is 0.338 e. The number of nitrogens with one attached hydrogen (secondary N) is 1. The van der Waals surface area contributed by atoms with Crippen molar-refractivity contribution in [2.24, 2.45) is 16.8 Å². The van der Waals surface area contributed by atoms with Gasteiger partial charge in [-0.25, -0.2) is 9.79 Å². The number of amides is 1. The molecule has 2 aliphatic carbocycles. The lowest BCUT2D eigenvalue weighted by Gasteiger charge is -2.36. The number of hydrogen-bond donors (Lipinski definition) is 1. The van der Waals surface area contributed by atoms with E-state index in [1.807, 2.05) is 41.5 Å². The van der Waals surface area contributed by atoms with E-state index >= 15 is 0 Å². The number of methoxy groups -OCH3 is 1. The van der Waals surface area contributed by atoms with Crippen molar-refractivity contribution >= 4 is 28.8 Å². The summed E-state index contributed by atoms with van der Waals surface area (Å²) in [6.45, 7) is 3.91. The number of allylic oxidation sites excluding steroid dienone is 1. The molecule has 2 heterocycles. The van der Waals surface area contributed by atoms with Gasteiger partial charge < -0.3 is 19.7 Å². The Morgan fingerprint density at radius 3 is 2.82 bits per heavy atom. The van der Waals surface area contributed by atoms with Crippen LogP contribution in [0.25, 0.3) is 0 Å². The number of hydrogen-bond acceptors (Lipinski definition) is 7. The van der Waals surface area contributed by atoms with E-state index in [-0.39, 0.29) is 18.9 Å². The maximum atomic E-state index is 13.1. The molecule has 34 heavy (non-hydrogen) atoms. The van der Waals surface area contributed by atoms with Crippen molar-refractivity contribution in [2.75, 3.05) is 13.7 Å². The van der Waals surface area contributed by atoms with Gasteiger partial charge in [0.15, 0.2) is 5.17 Å². The fourth-order valence-corrected chi connectivity index (χ4v) is 6.77. The average Bonchev–Trinajstić information content (AvgIpc) is 3.54. The first-order valence-electron chi connectivity index (χ1n) is 12.0. The van der Waals surface area contributed by atoms with Crippen LogP contribution in [0.3, 0.4) is 0 Å². The lowest BCUT2D eigenvalue weighted by atomic mass is 9.93. The van der Waals surface area contributed by atoms with Gasteiger partial charge in [0, 0.05) is 11.7 Å². The van der Waals surface area contributed by atoms with Crippen LogP contribution in [0.15, 0.2) is 51.6 Å². The molecular formula is C26H31N3O4S. The van der Waals surface area contributed by atoms with Gasteiger partial charge in [-0.1, -0.05) is 30.3 Å². The number of amidine groups is 1. The quantitative estimate of drug-likeness (QED) is 0.577. The fourth-order valence-electron chi connectivity index (χ4n) is 5.81. The highest BCUT2D eigenvalue weighted by Crippen LogP contribution is 2.46. The minimum atomic E-state index is -0.446. The Morgan fingerprint density at radius 2 is 2.12 bits per heavy atom. The first-order chi connectivity index (χ1) is 16.5. The predicted molar refractivity (Wildman–Crippen MR) is 132 cm³/mol. The van der Waals surface area contributed by atoms with E-state index in [0.29, 0.717) is 29.0 Å². The maximum absolute atomic E-state index is 13.1. The lowest BCUT2D eigenvalue weighted by molar-refractivity contribution is -0.139. The molecule has 2 saturated carbocycles. The van der Waals surface area contributed by atoms with Gasteiger partial charge in [0.05, 0.1) is 37.4 Å². The maximum Gasteiger partial charge on any atom is 0.338 e. The summed E-state index contributed by atoms with van der Waals surface area (Å²) in [5.74, 6) is 1.74. The highest BCUT2D eigenvalue weighted by molar-refractivity contribution is 8.16. The fraction of sp³-hybridized carbons (Fsp3) is 0.500. The van der Waals surface area contributed by atoms with E-state index in [2.05, 4.69) is 5.32 Å². The van der Waals surface area contributed by atoms with Crippen molar-refractivity contribution in [2.45, 2.75) is 58.0 Å². The van der Waals surface area contributed by atoms with E-state index in [4.69, 9.17) is 14.5 Å². The molecule has 0 saturated heterocycles. The summed E-state index contributed by atoms with van der Waals surface area (Å²) in [6.07, 6.45) is 5.12. The Hall–Kier alpha value is -2.74. The number of ether oxygens (including phenoxy) is 2. The molecule has 5 rings (SSSR count). The third-order valence-corrected chi connectivity index (χ3v) is 8.22. The van der Waals surface area contributed by atoms with Crippen LogP contribution in [-0.4, -0.2) is 41.7 Å². The molecule has 2 aliphatic heterocycles. The van der Waals surface area contributed by atoms with E-state index in [1.165, 1.54) is 31.0 Å². The molecule has 4 atom stereocenters. The Labute approximate surface area is 204 Å². The second kappa shape index (κ2) is 9.49. The minimum Gasteiger partial charge on any atom is -0.497 e. The molecule has 0 aromatic heterocycles. The number of carbonyl (C=O) groups is 2. The zero-order chi connectivity index (χ0) is 23.8. The SMILES string of the molecule is CCOC(=O)C1=C(C)N=C2SC=C(CC(=O)N[C@@H]3C[C@H]4CC[C@H]3C4)N2[C@H]1c1cccc(OC)c1. The Bertz CT molecular complexity index is 1100. The molecule has 0 spiro atoms. The monoisotopic (exact) mass is 481 g/mol. The van der Waals surface area contributed by atoms with Gasteiger partial charge in [-0.15, -0.1) is 0 Å². The summed E-state index contributed by atoms with van der Waals surface area (Å²) < 4.78 is 10.9. The van der Waals surface area contributed by atoms with E-state index in [1.54, 1.807) is 14.0 Å². The number of rotatable bonds is 7. The van der Waals surface area contributed by atoms with Gasteiger partial charge >= 0.3 is 5.97 Å². The van der Waals surface area contributed by atoms with E-state index in [0.717, 1.165) is 28.8 Å². The van der Waals surface area contributed by atoms with Crippen LogP contribution in [0.2, 0.25) is 0 Å². The third kappa shape index (κ3) is 4.24. The summed E-state index contributed by atoms with van der Waals surface area (Å²) >= 11 is 1.49. The molecule has 1 aromatic carbocycles. The Morgan fingerprint density at radius 1 is 1.26 bits per heavy atom. The standard InChI is InChI=1S/C26H31N3O4S/c1-4-33-25(31)23-15(2)27-26-29(24(23)18-6-5-7-20(12-18)32-3)19(14-34-26)13-22(30)28-21-11-16-8-9-17(21)10-16/h5-7,12,14,16-17,21,24H,4,8-11,13H2,1-3H3,(H,28,30)/t16-,17-,21+,24-/m0/s1. The first-order valence-corrected chi connectivity index (χ1v) is 12.9. The topological polar surface area (TPSA) is 80.2 Å². The number of nitrogens with zero attached hydrogens (tertiary/aromatic N) is 2. The van der Waals surface area contributed by atoms with Gasteiger partial charge in [-0.2, -0.15) is 0 Å². The second-order valence-corrected chi connectivity index (χ2v) is 10.3. The Kier molecular flexibility index (Phi) is 6.42. The summed E-state index contributed by atoms with van der Waals surface area (Å²) in [7, 11) is 1.62. The van der Waals surface area contributed by atoms with Crippen LogP contribution in [0.1, 0.15) is 57.6 Å². The molecule has 180 valence electrons. The second-order valence-electron chi connectivity index (χ2n) is 9.42. The van der Waals surface area contributed by atoms with Gasteiger partial charge in [-0.3, -0.25) is 4.79 Å². The normalized spacial score (nSPS) is 27.3. The highest BCUT2D eigenvalue weighted by atomic mass is 32.2. The molecule has 8 heteroatoms. The van der Waals surface area contributed by atoms with Crippen LogP contribution < -0.4 is 10.1 Å². The summed E-state index contributed by atoms with van der Waals surface area (Å²) in [6, 6.07) is 7.53. The lowest BCUT2D eigenvalue weighted by Crippen LogP contribution is -2.41. The van der Waals surface area contributed by atoms with Gasteiger partial charge in [0.25, 0.3) is 0 Å². The van der Waals surface area contributed by atoms with Crippen LogP contribution >= 0.6 is 11.8 Å². The summed E-state index contributed by atoms with van der Waals surface area (Å²) in [5.41, 5.74) is 2.84. The van der Waals surface area contributed by atoms with Crippen molar-refractivity contribution in [1.82, 2.24) is 10.2 Å². The number of esters is 1. The van der Waals surface area contributed by atoms with Crippen molar-refractivity contribution < 1.29 is 19.1 Å². The summed E-state index contributed by atoms with van der Waals surface area (Å²) in [4.78, 5) is 32.9. The zero-order valence-electron chi connectivity index (χ0n) is 19.9. The number of benzene rings is 1. The van der Waals surface area contributed by atoms with Gasteiger partial charge in [0.2, 0.25) is 5.91 Å². The molecule has 7 nitrogen and oxygen atoms in total. The molecule has 2 bridgehead atoms. The van der Waals surface area contributed by atoms with Crippen LogP contribution in [-0.2, 0) is 14.3 Å². The largest absolute Gasteiger partial charge is 0.497 e. The van der Waals surface area contributed by atoms with Crippen molar-refractivity contribution in [3.05, 3.63) is 52.2 Å². The minimum absolute atomic E-state index is 0.0269. The molecule has 4 aliphatic rings. The third-order valence-electron chi connectivity index (χ3n) is 7.33. The van der Waals surface area contributed by atoms with Crippen LogP contribution in [0, 0.1) is 11.8 Å². The number of aliphatic imine (C=N–C) groups is 1. The molecule has 0 radical (unpaired) electrons. The van der Waals surface area contributed by atoms with Crippen molar-refractivity contribution in [3.63, 3.8) is 0 Å². The highest BCUT2D eigenvalue weighted by Gasteiger charge is 2.43. The zero-order valence-corrected chi connectivity index (χ0v) is 20.7. The number of thioether (sulfide) groups is 1. The van der Waals surface area contributed by atoms with Crippen molar-refractivity contribution in [3.8, 4) is 5.75 Å². The van der Waals surface area contributed by atoms with Gasteiger partial charge in [0.1, 0.15) is 5.75 Å². The first kappa shape index (κ1) is 23.0. The molecular weight excluding hydrogens is 450 g/mol. The number of fused-ring (bicyclic) bond motifs is 3. The predicted octanol–water partition coefficient (Wildman–Crippen LogP) is 4.53. The van der Waals surface area contributed by atoms with Crippen molar-refractivity contribution in [1.29, 1.82) is 0 Å². The van der Waals surface area contributed by atoms with Crippen LogP contribution in [0.5, 0.6) is 5.75 Å². The molecule has 1 aromatic rings.